The van der Waals surface area contributed by atoms with Crippen LogP contribution in [-0.4, -0.2) is 11.7 Å². The van der Waals surface area contributed by atoms with Crippen LogP contribution in [0.3, 0.4) is 0 Å². The second-order valence-electron chi connectivity index (χ2n) is 2.56. The molecule has 0 aromatic carbocycles. The van der Waals surface area contributed by atoms with E-state index in [-0.39, 0.29) is 0 Å². The van der Waals surface area contributed by atoms with E-state index in [0.717, 1.165) is 11.8 Å². The molecule has 0 heterocycles. The van der Waals surface area contributed by atoms with E-state index in [2.05, 4.69) is 13.8 Å². The van der Waals surface area contributed by atoms with E-state index in [0.29, 0.717) is 12.5 Å². The number of hydrogen-bond donors (Lipinski definition) is 1. The lowest BCUT2D eigenvalue weighted by Crippen LogP contribution is -1.85. The molecule has 1 rings (SSSR count). The third-order valence-corrected chi connectivity index (χ3v) is 2.25. The fourth-order valence-corrected chi connectivity index (χ4v) is 1.10. The van der Waals surface area contributed by atoms with Gasteiger partial charge < -0.3 is 5.11 Å². The SMILES string of the molecule is C[C@@H]1C(CO)[C@@H]1C. The van der Waals surface area contributed by atoms with Crippen LogP contribution in [0.2, 0.25) is 0 Å². The van der Waals surface area contributed by atoms with Gasteiger partial charge in [0.2, 0.25) is 0 Å². The first kappa shape index (κ1) is 5.10. The Bertz CT molecular complexity index is 62.6. The number of aliphatic hydroxyl groups excluding tert-OH is 1. The van der Waals surface area contributed by atoms with Crippen LogP contribution < -0.4 is 0 Å². The predicted molar refractivity (Wildman–Crippen MR) is 28.9 cm³/mol. The molecular formula is C6H12O. The summed E-state index contributed by atoms with van der Waals surface area (Å²) in [6, 6.07) is 0. The van der Waals surface area contributed by atoms with Crippen LogP contribution >= 0.6 is 0 Å². The molecule has 0 aliphatic heterocycles. The summed E-state index contributed by atoms with van der Waals surface area (Å²) < 4.78 is 0. The average molecular weight is 100 g/mol. The first-order chi connectivity index (χ1) is 3.27. The standard InChI is InChI=1S/C6H12O/c1-4-5(2)6(4)3-7/h4-7H,3H2,1-2H3/t4-,5+,6?. The van der Waals surface area contributed by atoms with Crippen LogP contribution in [0.4, 0.5) is 0 Å². The third kappa shape index (κ3) is 0.653. The molecule has 0 aromatic heterocycles. The van der Waals surface area contributed by atoms with Gasteiger partial charge in [-0.15, -0.1) is 0 Å². The van der Waals surface area contributed by atoms with Crippen molar-refractivity contribution in [3.05, 3.63) is 0 Å². The van der Waals surface area contributed by atoms with E-state index in [1.807, 2.05) is 0 Å². The largest absolute Gasteiger partial charge is 0.396 e. The normalized spacial score (nSPS) is 49.3. The molecule has 0 amide bonds. The van der Waals surface area contributed by atoms with Crippen molar-refractivity contribution in [1.82, 2.24) is 0 Å². The van der Waals surface area contributed by atoms with Gasteiger partial charge in [0.05, 0.1) is 0 Å². The highest BCUT2D eigenvalue weighted by Gasteiger charge is 2.41. The Kier molecular flexibility index (Phi) is 1.08. The van der Waals surface area contributed by atoms with Gasteiger partial charge in [-0.2, -0.15) is 0 Å². The quantitative estimate of drug-likeness (QED) is 0.518. The van der Waals surface area contributed by atoms with E-state index in [4.69, 9.17) is 5.11 Å². The van der Waals surface area contributed by atoms with Crippen molar-refractivity contribution < 1.29 is 5.11 Å². The minimum Gasteiger partial charge on any atom is -0.396 e. The molecule has 42 valence electrons. The number of aliphatic hydroxyl groups is 1. The number of rotatable bonds is 1. The third-order valence-electron chi connectivity index (χ3n) is 2.25. The van der Waals surface area contributed by atoms with Crippen LogP contribution in [0.25, 0.3) is 0 Å². The van der Waals surface area contributed by atoms with Crippen molar-refractivity contribution in [3.8, 4) is 0 Å². The Balaban J connectivity index is 2.24. The average Bonchev–Trinajstić information content (AvgIpc) is 2.17. The molecule has 0 saturated heterocycles. The second-order valence-corrected chi connectivity index (χ2v) is 2.56. The van der Waals surface area contributed by atoms with Gasteiger partial charge in [-0.1, -0.05) is 13.8 Å². The van der Waals surface area contributed by atoms with Crippen LogP contribution in [0.5, 0.6) is 0 Å². The van der Waals surface area contributed by atoms with Gasteiger partial charge in [-0.25, -0.2) is 0 Å². The molecule has 1 N–H and O–H groups in total. The first-order valence-corrected chi connectivity index (χ1v) is 2.88. The summed E-state index contributed by atoms with van der Waals surface area (Å²) >= 11 is 0. The topological polar surface area (TPSA) is 20.2 Å². The van der Waals surface area contributed by atoms with Crippen molar-refractivity contribution in [2.75, 3.05) is 6.61 Å². The highest BCUT2D eigenvalue weighted by molar-refractivity contribution is 4.89. The van der Waals surface area contributed by atoms with Crippen molar-refractivity contribution in [1.29, 1.82) is 0 Å². The Morgan fingerprint density at radius 2 is 1.71 bits per heavy atom. The summed E-state index contributed by atoms with van der Waals surface area (Å²) in [7, 11) is 0. The molecule has 1 saturated carbocycles. The molecule has 0 aromatic rings. The lowest BCUT2D eigenvalue weighted by atomic mass is 10.4. The number of hydrogen-bond acceptors (Lipinski definition) is 1. The van der Waals surface area contributed by atoms with Crippen LogP contribution in [0.1, 0.15) is 13.8 Å². The summed E-state index contributed by atoms with van der Waals surface area (Å²) in [5.41, 5.74) is 0. The summed E-state index contributed by atoms with van der Waals surface area (Å²) in [5, 5.41) is 8.55. The van der Waals surface area contributed by atoms with Gasteiger partial charge in [0.15, 0.2) is 0 Å². The smallest absolute Gasteiger partial charge is 0.0464 e. The molecule has 3 atom stereocenters. The van der Waals surface area contributed by atoms with Crippen LogP contribution in [0, 0.1) is 17.8 Å². The minimum atomic E-state index is 0.391. The molecule has 1 nitrogen and oxygen atoms in total. The first-order valence-electron chi connectivity index (χ1n) is 2.88. The zero-order chi connectivity index (χ0) is 5.44. The summed E-state index contributed by atoms with van der Waals surface area (Å²) in [6.07, 6.45) is 0. The molecule has 1 heteroatoms. The predicted octanol–water partition coefficient (Wildman–Crippen LogP) is 0.881. The molecular weight excluding hydrogens is 88.1 g/mol. The van der Waals surface area contributed by atoms with Gasteiger partial charge in [0, 0.05) is 6.61 Å². The molecule has 1 unspecified atom stereocenters. The summed E-state index contributed by atoms with van der Waals surface area (Å²) in [5.74, 6) is 2.19. The molecule has 0 radical (unpaired) electrons. The fourth-order valence-electron chi connectivity index (χ4n) is 1.10. The van der Waals surface area contributed by atoms with Crippen molar-refractivity contribution >= 4 is 0 Å². The Morgan fingerprint density at radius 1 is 1.29 bits per heavy atom. The monoisotopic (exact) mass is 100 g/mol. The molecule has 1 aliphatic carbocycles. The molecule has 0 spiro atoms. The Morgan fingerprint density at radius 3 is 1.71 bits per heavy atom. The molecule has 1 fully saturated rings. The Labute approximate surface area is 44.4 Å². The minimum absolute atomic E-state index is 0.391. The van der Waals surface area contributed by atoms with E-state index in [9.17, 15) is 0 Å². The van der Waals surface area contributed by atoms with Crippen LogP contribution in [-0.2, 0) is 0 Å². The van der Waals surface area contributed by atoms with Crippen LogP contribution in [0.15, 0.2) is 0 Å². The summed E-state index contributed by atoms with van der Waals surface area (Å²) in [4.78, 5) is 0. The maximum atomic E-state index is 8.55. The fraction of sp³-hybridized carbons (Fsp3) is 1.00. The van der Waals surface area contributed by atoms with E-state index >= 15 is 0 Å². The highest BCUT2D eigenvalue weighted by atomic mass is 16.3. The lowest BCUT2D eigenvalue weighted by Gasteiger charge is -1.80. The Hall–Kier alpha value is -0.0400. The van der Waals surface area contributed by atoms with Gasteiger partial charge in [-0.3, -0.25) is 0 Å². The molecule has 7 heavy (non-hydrogen) atoms. The second kappa shape index (κ2) is 1.48. The van der Waals surface area contributed by atoms with Gasteiger partial charge in [-0.05, 0) is 17.8 Å². The molecule has 1 aliphatic rings. The zero-order valence-corrected chi connectivity index (χ0v) is 4.89. The van der Waals surface area contributed by atoms with Gasteiger partial charge >= 0.3 is 0 Å². The van der Waals surface area contributed by atoms with Gasteiger partial charge in [0.1, 0.15) is 0 Å². The van der Waals surface area contributed by atoms with E-state index < -0.39 is 0 Å². The highest BCUT2D eigenvalue weighted by Crippen LogP contribution is 2.44. The van der Waals surface area contributed by atoms with E-state index in [1.165, 1.54) is 0 Å². The maximum Gasteiger partial charge on any atom is 0.0464 e. The van der Waals surface area contributed by atoms with E-state index in [1.54, 1.807) is 0 Å². The van der Waals surface area contributed by atoms with Gasteiger partial charge in [0.25, 0.3) is 0 Å². The maximum absolute atomic E-state index is 8.55. The summed E-state index contributed by atoms with van der Waals surface area (Å²) in [6.45, 7) is 4.76. The lowest BCUT2D eigenvalue weighted by molar-refractivity contribution is 0.266. The van der Waals surface area contributed by atoms with Crippen molar-refractivity contribution in [2.45, 2.75) is 13.8 Å². The molecule has 0 bridgehead atoms. The van der Waals surface area contributed by atoms with Crippen molar-refractivity contribution in [3.63, 3.8) is 0 Å². The zero-order valence-electron chi connectivity index (χ0n) is 4.89. The van der Waals surface area contributed by atoms with Crippen molar-refractivity contribution in [2.24, 2.45) is 17.8 Å².